The van der Waals surface area contributed by atoms with Gasteiger partial charge in [0, 0.05) is 12.6 Å². The van der Waals surface area contributed by atoms with Crippen LogP contribution in [-0.2, 0) is 9.53 Å². The fourth-order valence-electron chi connectivity index (χ4n) is 3.12. The van der Waals surface area contributed by atoms with Gasteiger partial charge in [0.05, 0.1) is 7.11 Å². The second kappa shape index (κ2) is 6.90. The van der Waals surface area contributed by atoms with Gasteiger partial charge in [-0.15, -0.1) is 0 Å². The lowest BCUT2D eigenvalue weighted by atomic mass is 9.85. The van der Waals surface area contributed by atoms with Crippen LogP contribution in [0.4, 0.5) is 0 Å². The van der Waals surface area contributed by atoms with Crippen molar-refractivity contribution >= 4 is 5.97 Å². The average Bonchev–Trinajstić information content (AvgIpc) is 2.49. The molecular formula is C16H32N2O2. The second-order valence-electron chi connectivity index (χ2n) is 7.42. The van der Waals surface area contributed by atoms with Crippen molar-refractivity contribution in [3.63, 3.8) is 0 Å². The lowest BCUT2D eigenvalue weighted by Gasteiger charge is -2.35. The van der Waals surface area contributed by atoms with Gasteiger partial charge in [0.25, 0.3) is 0 Å². The van der Waals surface area contributed by atoms with Gasteiger partial charge in [0.1, 0.15) is 5.54 Å². The first-order valence-electron chi connectivity index (χ1n) is 7.77. The highest BCUT2D eigenvalue weighted by atomic mass is 16.5. The number of methoxy groups -OCH3 is 1. The molecule has 118 valence electrons. The molecule has 1 saturated heterocycles. The van der Waals surface area contributed by atoms with Gasteiger partial charge in [-0.3, -0.25) is 10.1 Å². The molecule has 0 radical (unpaired) electrons. The molecule has 0 bridgehead atoms. The number of ether oxygens (including phenoxy) is 1. The van der Waals surface area contributed by atoms with E-state index in [1.165, 1.54) is 26.4 Å². The molecule has 1 aliphatic heterocycles. The first kappa shape index (κ1) is 17.4. The molecule has 20 heavy (non-hydrogen) atoms. The van der Waals surface area contributed by atoms with Crippen molar-refractivity contribution in [1.29, 1.82) is 0 Å². The summed E-state index contributed by atoms with van der Waals surface area (Å²) in [4.78, 5) is 14.5. The zero-order chi connectivity index (χ0) is 15.4. The lowest BCUT2D eigenvalue weighted by Crippen LogP contribution is -2.59. The number of nitrogens with zero attached hydrogens (tertiary/aromatic N) is 1. The van der Waals surface area contributed by atoms with Crippen LogP contribution in [0, 0.1) is 5.41 Å². The van der Waals surface area contributed by atoms with E-state index in [0.717, 1.165) is 13.1 Å². The molecule has 0 aromatic rings. The number of hydrogen-bond donors (Lipinski definition) is 1. The summed E-state index contributed by atoms with van der Waals surface area (Å²) in [5.74, 6) is -0.172. The second-order valence-corrected chi connectivity index (χ2v) is 7.42. The summed E-state index contributed by atoms with van der Waals surface area (Å²) in [7, 11) is 1.47. The van der Waals surface area contributed by atoms with Crippen LogP contribution >= 0.6 is 0 Å². The van der Waals surface area contributed by atoms with Crippen molar-refractivity contribution in [2.75, 3.05) is 26.7 Å². The number of likely N-dealkylation sites (tertiary alicyclic amines) is 1. The van der Waals surface area contributed by atoms with Crippen LogP contribution in [0.25, 0.3) is 0 Å². The van der Waals surface area contributed by atoms with E-state index < -0.39 is 5.54 Å². The maximum Gasteiger partial charge on any atom is 0.327 e. The Morgan fingerprint density at radius 2 is 2.00 bits per heavy atom. The monoisotopic (exact) mass is 284 g/mol. The van der Waals surface area contributed by atoms with Crippen LogP contribution < -0.4 is 5.32 Å². The number of carbonyl (C=O) groups excluding carboxylic acids is 1. The molecule has 1 aliphatic rings. The Hall–Kier alpha value is -0.610. The van der Waals surface area contributed by atoms with E-state index in [2.05, 4.69) is 37.9 Å². The molecule has 0 aromatic heterocycles. The minimum Gasteiger partial charge on any atom is -0.468 e. The fraction of sp³-hybridized carbons (Fsp3) is 0.938. The summed E-state index contributed by atoms with van der Waals surface area (Å²) in [6.07, 6.45) is 3.65. The first-order chi connectivity index (χ1) is 9.18. The lowest BCUT2D eigenvalue weighted by molar-refractivity contribution is -0.149. The molecule has 0 aliphatic carbocycles. The van der Waals surface area contributed by atoms with Gasteiger partial charge in [-0.2, -0.15) is 0 Å². The predicted molar refractivity (Wildman–Crippen MR) is 82.8 cm³/mol. The van der Waals surface area contributed by atoms with Crippen molar-refractivity contribution in [3.05, 3.63) is 0 Å². The predicted octanol–water partition coefficient (Wildman–Crippen LogP) is 2.43. The Kier molecular flexibility index (Phi) is 6.02. The molecule has 1 fully saturated rings. The number of hydrogen-bond acceptors (Lipinski definition) is 4. The minimum absolute atomic E-state index is 0.172. The zero-order valence-corrected chi connectivity index (χ0v) is 14.1. The number of esters is 1. The van der Waals surface area contributed by atoms with E-state index in [4.69, 9.17) is 4.74 Å². The average molecular weight is 284 g/mol. The van der Waals surface area contributed by atoms with E-state index in [1.807, 2.05) is 6.92 Å². The summed E-state index contributed by atoms with van der Waals surface area (Å²) in [6.45, 7) is 13.6. The smallest absolute Gasteiger partial charge is 0.327 e. The van der Waals surface area contributed by atoms with Gasteiger partial charge in [0.2, 0.25) is 0 Å². The van der Waals surface area contributed by atoms with Gasteiger partial charge in [-0.1, -0.05) is 13.8 Å². The van der Waals surface area contributed by atoms with E-state index in [-0.39, 0.29) is 12.0 Å². The quantitative estimate of drug-likeness (QED) is 0.787. The Morgan fingerprint density at radius 1 is 1.35 bits per heavy atom. The third-order valence-electron chi connectivity index (χ3n) is 4.22. The molecule has 4 nitrogen and oxygen atoms in total. The van der Waals surface area contributed by atoms with Crippen LogP contribution in [0.1, 0.15) is 53.9 Å². The number of rotatable bonds is 5. The van der Waals surface area contributed by atoms with E-state index in [9.17, 15) is 4.79 Å². The Morgan fingerprint density at radius 3 is 2.55 bits per heavy atom. The molecule has 0 saturated carbocycles. The summed E-state index contributed by atoms with van der Waals surface area (Å²) in [5.41, 5.74) is -0.209. The molecule has 1 atom stereocenters. The molecule has 0 amide bonds. The zero-order valence-electron chi connectivity index (χ0n) is 14.1. The molecule has 0 spiro atoms. The van der Waals surface area contributed by atoms with Crippen molar-refractivity contribution in [2.24, 2.45) is 5.41 Å². The highest BCUT2D eigenvalue weighted by Crippen LogP contribution is 2.30. The van der Waals surface area contributed by atoms with Gasteiger partial charge in [0.15, 0.2) is 0 Å². The van der Waals surface area contributed by atoms with Crippen molar-refractivity contribution in [2.45, 2.75) is 65.5 Å². The third-order valence-corrected chi connectivity index (χ3v) is 4.22. The Bertz CT molecular complexity index is 328. The van der Waals surface area contributed by atoms with Crippen molar-refractivity contribution in [1.82, 2.24) is 10.2 Å². The van der Waals surface area contributed by atoms with E-state index >= 15 is 0 Å². The van der Waals surface area contributed by atoms with E-state index in [1.54, 1.807) is 0 Å². The molecular weight excluding hydrogens is 252 g/mol. The molecule has 1 unspecified atom stereocenters. The summed E-state index contributed by atoms with van der Waals surface area (Å²) < 4.78 is 5.00. The summed E-state index contributed by atoms with van der Waals surface area (Å²) >= 11 is 0. The summed E-state index contributed by atoms with van der Waals surface area (Å²) in [5, 5.41) is 3.38. The molecule has 4 heteroatoms. The highest BCUT2D eigenvalue weighted by Gasteiger charge is 2.37. The standard InChI is InChI=1S/C16H32N2O2/c1-13(2)17-16(5,14(19)20-6)12-18-10-7-8-15(3,4)9-11-18/h13,17H,7-12H2,1-6H3. The van der Waals surface area contributed by atoms with Crippen LogP contribution in [-0.4, -0.2) is 49.2 Å². The van der Waals surface area contributed by atoms with E-state index in [0.29, 0.717) is 12.0 Å². The first-order valence-corrected chi connectivity index (χ1v) is 7.77. The minimum atomic E-state index is -0.628. The number of nitrogens with one attached hydrogen (secondary N) is 1. The topological polar surface area (TPSA) is 41.6 Å². The van der Waals surface area contributed by atoms with Gasteiger partial charge in [-0.25, -0.2) is 0 Å². The molecule has 1 N–H and O–H groups in total. The van der Waals surface area contributed by atoms with Crippen LogP contribution in [0.5, 0.6) is 0 Å². The maximum atomic E-state index is 12.1. The fourth-order valence-corrected chi connectivity index (χ4v) is 3.12. The normalized spacial score (nSPS) is 23.1. The molecule has 1 rings (SSSR count). The third kappa shape index (κ3) is 5.06. The Labute approximate surface area is 124 Å². The largest absolute Gasteiger partial charge is 0.468 e. The number of carbonyl (C=O) groups is 1. The van der Waals surface area contributed by atoms with Crippen LogP contribution in [0.15, 0.2) is 0 Å². The maximum absolute atomic E-state index is 12.1. The Balaban J connectivity index is 2.72. The molecule has 1 heterocycles. The summed E-state index contributed by atoms with van der Waals surface area (Å²) in [6, 6.07) is 0.252. The molecule has 0 aromatic carbocycles. The van der Waals surface area contributed by atoms with Crippen molar-refractivity contribution < 1.29 is 9.53 Å². The van der Waals surface area contributed by atoms with Crippen LogP contribution in [0.2, 0.25) is 0 Å². The van der Waals surface area contributed by atoms with Crippen LogP contribution in [0.3, 0.4) is 0 Å². The van der Waals surface area contributed by atoms with Gasteiger partial charge < -0.3 is 9.64 Å². The van der Waals surface area contributed by atoms with Gasteiger partial charge in [-0.05, 0) is 58.5 Å². The SMILES string of the molecule is COC(=O)C(C)(CN1CCCC(C)(C)CC1)NC(C)C. The highest BCUT2D eigenvalue weighted by molar-refractivity contribution is 5.80. The van der Waals surface area contributed by atoms with Gasteiger partial charge >= 0.3 is 5.97 Å². The van der Waals surface area contributed by atoms with Crippen molar-refractivity contribution in [3.8, 4) is 0 Å².